The van der Waals surface area contributed by atoms with Crippen LogP contribution in [0.15, 0.2) is 95.0 Å². The van der Waals surface area contributed by atoms with Crippen LogP contribution in [0.5, 0.6) is 0 Å². The van der Waals surface area contributed by atoms with Gasteiger partial charge < -0.3 is 15.0 Å². The fourth-order valence-electron chi connectivity index (χ4n) is 7.36. The normalized spacial score (nSPS) is 15.3. The molecule has 5 nitrogen and oxygen atoms in total. The second kappa shape index (κ2) is 23.4. The van der Waals surface area contributed by atoms with Crippen LogP contribution in [-0.4, -0.2) is 63.0 Å². The van der Waals surface area contributed by atoms with Crippen LogP contribution in [0.2, 0.25) is 0 Å². The number of hydrogen-bond donors (Lipinski definition) is 1. The molecule has 0 aromatic heterocycles. The van der Waals surface area contributed by atoms with Gasteiger partial charge in [-0.3, -0.25) is 4.99 Å². The molecule has 1 atom stereocenters. The Labute approximate surface area is 326 Å². The van der Waals surface area contributed by atoms with E-state index >= 15 is 0 Å². The van der Waals surface area contributed by atoms with Crippen LogP contribution in [0.3, 0.4) is 0 Å². The molecule has 1 aliphatic rings. The predicted molar refractivity (Wildman–Crippen MR) is 234 cm³/mol. The van der Waals surface area contributed by atoms with Crippen molar-refractivity contribution in [3.63, 3.8) is 0 Å². The minimum Gasteiger partial charge on any atom is -0.385 e. The Hall–Kier alpha value is -3.45. The lowest BCUT2D eigenvalue weighted by Crippen LogP contribution is -2.22. The van der Waals surface area contributed by atoms with Crippen molar-refractivity contribution in [1.29, 1.82) is 0 Å². The molecule has 4 rings (SSSR count). The zero-order valence-electron chi connectivity index (χ0n) is 33.3. The van der Waals surface area contributed by atoms with E-state index in [0.717, 1.165) is 76.3 Å². The third-order valence-electron chi connectivity index (χ3n) is 10.8. The Balaban J connectivity index is 1.06. The summed E-state index contributed by atoms with van der Waals surface area (Å²) >= 11 is 1.48. The highest BCUT2D eigenvalue weighted by molar-refractivity contribution is 7.97. The van der Waals surface area contributed by atoms with E-state index in [0.29, 0.717) is 0 Å². The molecule has 1 fully saturated rings. The number of rotatable bonds is 25. The Morgan fingerprint density at radius 2 is 1.64 bits per heavy atom. The van der Waals surface area contributed by atoms with Gasteiger partial charge in [0.05, 0.1) is 5.71 Å². The largest absolute Gasteiger partial charge is 0.385 e. The molecular weight excluding hydrogens is 669 g/mol. The minimum absolute atomic E-state index is 0.0483. The van der Waals surface area contributed by atoms with Crippen LogP contribution >= 0.6 is 11.9 Å². The third kappa shape index (κ3) is 14.4. The van der Waals surface area contributed by atoms with Crippen molar-refractivity contribution >= 4 is 36.1 Å². The molecule has 6 heteroatoms. The van der Waals surface area contributed by atoms with Gasteiger partial charge in [-0.05, 0) is 153 Å². The van der Waals surface area contributed by atoms with Gasteiger partial charge in [0, 0.05) is 49.9 Å². The molecule has 3 aromatic rings. The van der Waals surface area contributed by atoms with E-state index in [9.17, 15) is 0 Å². The maximum absolute atomic E-state index is 5.97. The summed E-state index contributed by atoms with van der Waals surface area (Å²) in [6.45, 7) is 20.8. The van der Waals surface area contributed by atoms with Gasteiger partial charge in [-0.2, -0.15) is 0 Å². The van der Waals surface area contributed by atoms with Crippen LogP contribution in [0.25, 0.3) is 6.08 Å². The summed E-state index contributed by atoms with van der Waals surface area (Å²) in [5.74, 6) is 0.811. The number of anilines is 1. The highest BCUT2D eigenvalue weighted by atomic mass is 32.2. The number of benzene rings is 3. The number of nitrogens with one attached hydrogen (secondary N) is 1. The van der Waals surface area contributed by atoms with E-state index in [2.05, 4.69) is 120 Å². The van der Waals surface area contributed by atoms with E-state index in [1.165, 1.54) is 96.3 Å². The second-order valence-electron chi connectivity index (χ2n) is 15.1. The Kier molecular flexibility index (Phi) is 18.6. The molecule has 1 N–H and O–H groups in total. The maximum Gasteiger partial charge on any atom is 0.0505 e. The van der Waals surface area contributed by atoms with Crippen molar-refractivity contribution in [2.24, 2.45) is 15.3 Å². The van der Waals surface area contributed by atoms with Crippen molar-refractivity contribution < 1.29 is 4.74 Å². The molecule has 53 heavy (non-hydrogen) atoms. The topological polar surface area (TPSA) is 49.2 Å². The van der Waals surface area contributed by atoms with Crippen molar-refractivity contribution in [2.75, 3.05) is 51.0 Å². The molecular formula is C47H66N4OS. The van der Waals surface area contributed by atoms with Crippen LogP contribution < -0.4 is 5.32 Å². The second-order valence-corrected chi connectivity index (χ2v) is 15.6. The summed E-state index contributed by atoms with van der Waals surface area (Å²) < 4.78 is 10.5. The number of aliphatic imine (C=N–C) groups is 1. The number of hydrogen-bond acceptors (Lipinski definition) is 6. The number of unbranched alkanes of at least 4 members (excludes halogenated alkanes) is 2. The molecule has 3 aromatic carbocycles. The van der Waals surface area contributed by atoms with Gasteiger partial charge in [0.15, 0.2) is 0 Å². The van der Waals surface area contributed by atoms with Gasteiger partial charge in [-0.15, -0.1) is 0 Å². The molecule has 0 radical (unpaired) electrons. The van der Waals surface area contributed by atoms with Gasteiger partial charge in [0.1, 0.15) is 0 Å². The molecule has 0 aliphatic carbocycles. The first-order chi connectivity index (χ1) is 25.9. The first-order valence-electron chi connectivity index (χ1n) is 20.1. The van der Waals surface area contributed by atoms with Gasteiger partial charge >= 0.3 is 0 Å². The lowest BCUT2D eigenvalue weighted by molar-refractivity contribution is 0.124. The standard InChI is InChI=1S/C47H66N4OS/c1-7-13-42-36-46(27-21-41(42)8-2)49-30-9-11-34-52-35-12-10-32-51-33-29-40(37-51)15-14-38-16-22-43(23-17-38)47(3,4)44-24-18-39(19-25-44)20-26-45(50-53-6)28-31-48-5/h8,16-19,21-25,27-28,31,36,40,49H,2,5,7,9-15,20,26,29-30,32-35,37H2,1,3-4,6H3/b31-28-,50-45?. The zero-order valence-corrected chi connectivity index (χ0v) is 34.1. The number of nitrogens with zero attached hydrogens (tertiary/aromatic N) is 3. The molecule has 1 saturated heterocycles. The van der Waals surface area contributed by atoms with E-state index in [-0.39, 0.29) is 5.41 Å². The van der Waals surface area contributed by atoms with Gasteiger partial charge in [-0.1, -0.05) is 94.4 Å². The Morgan fingerprint density at radius 3 is 2.30 bits per heavy atom. The molecule has 286 valence electrons. The Morgan fingerprint density at radius 1 is 0.943 bits per heavy atom. The number of likely N-dealkylation sites (tertiary alicyclic amines) is 1. The number of aryl methyl sites for hydroxylation is 3. The fraction of sp³-hybridized carbons (Fsp3) is 0.489. The first-order valence-corrected chi connectivity index (χ1v) is 21.2. The highest BCUT2D eigenvalue weighted by Gasteiger charge is 2.24. The van der Waals surface area contributed by atoms with Gasteiger partial charge in [-0.25, -0.2) is 4.40 Å². The average molecular weight is 735 g/mol. The predicted octanol–water partition coefficient (Wildman–Crippen LogP) is 11.4. The van der Waals surface area contributed by atoms with Crippen LogP contribution in [0.4, 0.5) is 5.69 Å². The summed E-state index contributed by atoms with van der Waals surface area (Å²) in [5, 5.41) is 3.58. The summed E-state index contributed by atoms with van der Waals surface area (Å²) in [4.78, 5) is 6.50. The lowest BCUT2D eigenvalue weighted by atomic mass is 9.77. The lowest BCUT2D eigenvalue weighted by Gasteiger charge is -2.26. The molecule has 0 amide bonds. The van der Waals surface area contributed by atoms with Crippen molar-refractivity contribution in [3.05, 3.63) is 119 Å². The SMILES string of the molecule is C=Cc1ccc(NCCCCOCCCCN2CCC(CCc3ccc(C(C)(C)c4ccc(CCC(/C=C\N=C)=NSC)cc4)cc3)C2)cc1CCC. The van der Waals surface area contributed by atoms with E-state index < -0.39 is 0 Å². The zero-order chi connectivity index (χ0) is 37.7. The fourth-order valence-corrected chi connectivity index (χ4v) is 7.74. The van der Waals surface area contributed by atoms with Crippen molar-refractivity contribution in [2.45, 2.75) is 96.8 Å². The summed E-state index contributed by atoms with van der Waals surface area (Å²) in [7, 11) is 0. The maximum atomic E-state index is 5.97. The molecule has 0 saturated carbocycles. The summed E-state index contributed by atoms with van der Waals surface area (Å²) in [5.41, 5.74) is 10.3. The third-order valence-corrected chi connectivity index (χ3v) is 11.2. The van der Waals surface area contributed by atoms with E-state index in [4.69, 9.17) is 4.74 Å². The Bertz CT molecular complexity index is 1580. The quantitative estimate of drug-likeness (QED) is 0.0535. The van der Waals surface area contributed by atoms with E-state index in [1.54, 1.807) is 6.20 Å². The summed E-state index contributed by atoms with van der Waals surface area (Å²) in [6.07, 6.45) is 20.1. The monoisotopic (exact) mass is 734 g/mol. The van der Waals surface area contributed by atoms with Crippen LogP contribution in [0.1, 0.15) is 106 Å². The van der Waals surface area contributed by atoms with Crippen molar-refractivity contribution in [3.8, 4) is 0 Å². The van der Waals surface area contributed by atoms with Crippen LogP contribution in [0, 0.1) is 5.92 Å². The molecule has 0 bridgehead atoms. The molecule has 0 spiro atoms. The summed E-state index contributed by atoms with van der Waals surface area (Å²) in [6, 6.07) is 25.2. The van der Waals surface area contributed by atoms with Crippen LogP contribution in [-0.2, 0) is 29.4 Å². The van der Waals surface area contributed by atoms with E-state index in [1.807, 2.05) is 18.4 Å². The van der Waals surface area contributed by atoms with Crippen molar-refractivity contribution in [1.82, 2.24) is 4.90 Å². The van der Waals surface area contributed by atoms with Gasteiger partial charge in [0.25, 0.3) is 0 Å². The average Bonchev–Trinajstić information content (AvgIpc) is 3.64. The number of allylic oxidation sites excluding steroid dienone is 1. The highest BCUT2D eigenvalue weighted by Crippen LogP contribution is 2.32. The smallest absolute Gasteiger partial charge is 0.0505 e. The molecule has 1 unspecified atom stereocenters. The molecule has 1 aliphatic heterocycles. The van der Waals surface area contributed by atoms with Gasteiger partial charge in [0.2, 0.25) is 0 Å². The minimum atomic E-state index is -0.0483. The number of ether oxygens (including phenoxy) is 1. The first kappa shape index (κ1) is 42.3. The molecule has 1 heterocycles.